The fraction of sp³-hybridized carbons (Fsp3) is 0.308. The first-order valence-electron chi connectivity index (χ1n) is 5.46. The lowest BCUT2D eigenvalue weighted by Crippen LogP contribution is -1.99. The van der Waals surface area contributed by atoms with Crippen LogP contribution in [0.15, 0.2) is 30.5 Å². The average Bonchev–Trinajstić information content (AvgIpc) is 2.64. The van der Waals surface area contributed by atoms with Gasteiger partial charge in [-0.05, 0) is 31.5 Å². The summed E-state index contributed by atoms with van der Waals surface area (Å²) in [7, 11) is 0. The normalized spacial score (nSPS) is 9.56. The van der Waals surface area contributed by atoms with E-state index >= 15 is 0 Å². The third-order valence-corrected chi connectivity index (χ3v) is 2.66. The monoisotopic (exact) mass is 236 g/mol. The molecule has 2 aromatic rings. The van der Waals surface area contributed by atoms with E-state index in [-0.39, 0.29) is 0 Å². The van der Waals surface area contributed by atoms with E-state index in [4.69, 9.17) is 11.6 Å². The molecule has 2 rings (SSSR count). The number of aromatic nitrogens is 2. The SMILES string of the molecule is CC.Cc1cnn(-c2ccccc2Cl)c1C. The Balaban J connectivity index is 0.000000606. The van der Waals surface area contributed by atoms with Crippen molar-refractivity contribution in [3.05, 3.63) is 46.7 Å². The second-order valence-corrected chi connectivity index (χ2v) is 3.68. The van der Waals surface area contributed by atoms with E-state index in [9.17, 15) is 0 Å². The molecule has 1 aromatic carbocycles. The van der Waals surface area contributed by atoms with Gasteiger partial charge in [-0.2, -0.15) is 5.10 Å². The Labute approximate surface area is 102 Å². The summed E-state index contributed by atoms with van der Waals surface area (Å²) in [5.74, 6) is 0. The molecule has 0 atom stereocenters. The van der Waals surface area contributed by atoms with Gasteiger partial charge in [0.2, 0.25) is 0 Å². The molecule has 16 heavy (non-hydrogen) atoms. The van der Waals surface area contributed by atoms with Gasteiger partial charge in [0, 0.05) is 5.69 Å². The van der Waals surface area contributed by atoms with Crippen LogP contribution in [0.1, 0.15) is 25.1 Å². The molecule has 0 bridgehead atoms. The van der Waals surface area contributed by atoms with Crippen molar-refractivity contribution in [2.24, 2.45) is 0 Å². The van der Waals surface area contributed by atoms with E-state index in [2.05, 4.69) is 5.10 Å². The van der Waals surface area contributed by atoms with Crippen LogP contribution in [0.3, 0.4) is 0 Å². The van der Waals surface area contributed by atoms with Crippen LogP contribution in [0.2, 0.25) is 5.02 Å². The number of nitrogens with zero attached hydrogens (tertiary/aromatic N) is 2. The molecule has 0 spiro atoms. The Hall–Kier alpha value is -1.28. The van der Waals surface area contributed by atoms with Gasteiger partial charge in [0.25, 0.3) is 0 Å². The predicted octanol–water partition coefficient (Wildman–Crippen LogP) is 4.17. The molecule has 1 heterocycles. The summed E-state index contributed by atoms with van der Waals surface area (Å²) in [6.07, 6.45) is 1.85. The van der Waals surface area contributed by atoms with Crippen molar-refractivity contribution in [2.75, 3.05) is 0 Å². The average molecular weight is 237 g/mol. The summed E-state index contributed by atoms with van der Waals surface area (Å²) in [4.78, 5) is 0. The van der Waals surface area contributed by atoms with Gasteiger partial charge in [-0.1, -0.05) is 37.6 Å². The van der Waals surface area contributed by atoms with Crippen molar-refractivity contribution >= 4 is 11.6 Å². The van der Waals surface area contributed by atoms with Crippen LogP contribution >= 0.6 is 11.6 Å². The van der Waals surface area contributed by atoms with E-state index in [0.717, 1.165) is 16.4 Å². The maximum Gasteiger partial charge on any atom is 0.0834 e. The van der Waals surface area contributed by atoms with Crippen molar-refractivity contribution in [3.63, 3.8) is 0 Å². The van der Waals surface area contributed by atoms with Crippen molar-refractivity contribution in [1.82, 2.24) is 9.78 Å². The maximum atomic E-state index is 6.08. The molecule has 0 unspecified atom stereocenters. The molecule has 0 saturated carbocycles. The minimum absolute atomic E-state index is 0.721. The smallest absolute Gasteiger partial charge is 0.0834 e. The van der Waals surface area contributed by atoms with Crippen molar-refractivity contribution < 1.29 is 0 Å². The summed E-state index contributed by atoms with van der Waals surface area (Å²) >= 11 is 6.08. The molecule has 0 aliphatic rings. The third kappa shape index (κ3) is 2.45. The molecule has 86 valence electrons. The zero-order valence-electron chi connectivity index (χ0n) is 10.2. The molecular weight excluding hydrogens is 220 g/mol. The van der Waals surface area contributed by atoms with E-state index in [1.165, 1.54) is 5.56 Å². The van der Waals surface area contributed by atoms with Gasteiger partial charge in [0.1, 0.15) is 0 Å². The van der Waals surface area contributed by atoms with Gasteiger partial charge < -0.3 is 0 Å². The topological polar surface area (TPSA) is 17.8 Å². The summed E-state index contributed by atoms with van der Waals surface area (Å²) in [6.45, 7) is 8.07. The largest absolute Gasteiger partial charge is 0.236 e. The van der Waals surface area contributed by atoms with Gasteiger partial charge >= 0.3 is 0 Å². The molecule has 0 N–H and O–H groups in total. The van der Waals surface area contributed by atoms with E-state index in [0.29, 0.717) is 0 Å². The molecule has 0 amide bonds. The first-order valence-corrected chi connectivity index (χ1v) is 5.84. The lowest BCUT2D eigenvalue weighted by Gasteiger charge is -2.06. The standard InChI is InChI=1S/C11H11ClN2.C2H6/c1-8-7-13-14(9(8)2)11-6-4-3-5-10(11)12;1-2/h3-7H,1-2H3;1-2H3. The van der Waals surface area contributed by atoms with Crippen LogP contribution in [-0.2, 0) is 0 Å². The Morgan fingerprint density at radius 2 is 1.75 bits per heavy atom. The number of halogens is 1. The molecule has 0 fully saturated rings. The molecule has 0 aliphatic carbocycles. The minimum atomic E-state index is 0.721. The Bertz CT molecular complexity index is 461. The van der Waals surface area contributed by atoms with Gasteiger partial charge in [-0.25, -0.2) is 4.68 Å². The van der Waals surface area contributed by atoms with Crippen LogP contribution in [0.4, 0.5) is 0 Å². The van der Waals surface area contributed by atoms with E-state index < -0.39 is 0 Å². The quantitative estimate of drug-likeness (QED) is 0.727. The molecule has 3 heteroatoms. The van der Waals surface area contributed by atoms with Crippen molar-refractivity contribution in [1.29, 1.82) is 0 Å². The summed E-state index contributed by atoms with van der Waals surface area (Å²) in [5.41, 5.74) is 3.22. The molecule has 1 aromatic heterocycles. The molecule has 0 aliphatic heterocycles. The molecule has 0 radical (unpaired) electrons. The van der Waals surface area contributed by atoms with Gasteiger partial charge in [-0.15, -0.1) is 0 Å². The lowest BCUT2D eigenvalue weighted by molar-refractivity contribution is 0.846. The number of para-hydroxylation sites is 1. The highest BCUT2D eigenvalue weighted by Crippen LogP contribution is 2.21. The predicted molar refractivity (Wildman–Crippen MR) is 69.4 cm³/mol. The molecule has 0 saturated heterocycles. The Morgan fingerprint density at radius 1 is 1.12 bits per heavy atom. The first kappa shape index (κ1) is 12.8. The first-order chi connectivity index (χ1) is 7.70. The number of hydrogen-bond acceptors (Lipinski definition) is 1. The Morgan fingerprint density at radius 3 is 2.25 bits per heavy atom. The fourth-order valence-corrected chi connectivity index (χ4v) is 1.57. The van der Waals surface area contributed by atoms with Gasteiger partial charge in [0.15, 0.2) is 0 Å². The lowest BCUT2D eigenvalue weighted by atomic mass is 10.3. The van der Waals surface area contributed by atoms with Crippen LogP contribution in [0.25, 0.3) is 5.69 Å². The highest BCUT2D eigenvalue weighted by Gasteiger charge is 2.06. The minimum Gasteiger partial charge on any atom is -0.236 e. The molecular formula is C13H17ClN2. The zero-order chi connectivity index (χ0) is 12.1. The van der Waals surface area contributed by atoms with E-state index in [1.807, 2.05) is 62.8 Å². The summed E-state index contributed by atoms with van der Waals surface area (Å²) in [6, 6.07) is 7.70. The highest BCUT2D eigenvalue weighted by molar-refractivity contribution is 6.32. The van der Waals surface area contributed by atoms with Crippen LogP contribution in [-0.4, -0.2) is 9.78 Å². The second kappa shape index (κ2) is 5.71. The van der Waals surface area contributed by atoms with Gasteiger partial charge in [0.05, 0.1) is 16.9 Å². The van der Waals surface area contributed by atoms with Crippen LogP contribution in [0, 0.1) is 13.8 Å². The van der Waals surface area contributed by atoms with E-state index in [1.54, 1.807) is 0 Å². The summed E-state index contributed by atoms with van der Waals surface area (Å²) < 4.78 is 1.86. The zero-order valence-corrected chi connectivity index (χ0v) is 10.9. The second-order valence-electron chi connectivity index (χ2n) is 3.28. The highest BCUT2D eigenvalue weighted by atomic mass is 35.5. The van der Waals surface area contributed by atoms with Crippen molar-refractivity contribution in [2.45, 2.75) is 27.7 Å². The number of rotatable bonds is 1. The summed E-state index contributed by atoms with van der Waals surface area (Å²) in [5, 5.41) is 5.00. The number of benzene rings is 1. The Kier molecular flexibility index (Phi) is 4.56. The maximum absolute atomic E-state index is 6.08. The molecule has 2 nitrogen and oxygen atoms in total. The third-order valence-electron chi connectivity index (χ3n) is 2.34. The van der Waals surface area contributed by atoms with Crippen LogP contribution in [0.5, 0.6) is 0 Å². The van der Waals surface area contributed by atoms with Crippen LogP contribution < -0.4 is 0 Å². The van der Waals surface area contributed by atoms with Gasteiger partial charge in [-0.3, -0.25) is 0 Å². The number of aryl methyl sites for hydroxylation is 1. The van der Waals surface area contributed by atoms with Crippen molar-refractivity contribution in [3.8, 4) is 5.69 Å². The number of hydrogen-bond donors (Lipinski definition) is 0. The fourth-order valence-electron chi connectivity index (χ4n) is 1.36.